The van der Waals surface area contributed by atoms with Crippen molar-refractivity contribution in [1.29, 1.82) is 0 Å². The van der Waals surface area contributed by atoms with Crippen molar-refractivity contribution < 1.29 is 9.66 Å². The van der Waals surface area contributed by atoms with Gasteiger partial charge in [0.2, 0.25) is 5.95 Å². The lowest BCUT2D eigenvalue weighted by atomic mass is 10.3. The van der Waals surface area contributed by atoms with Gasteiger partial charge >= 0.3 is 11.6 Å². The third-order valence-corrected chi connectivity index (χ3v) is 3.18. The van der Waals surface area contributed by atoms with Gasteiger partial charge in [0.25, 0.3) is 0 Å². The van der Waals surface area contributed by atoms with Gasteiger partial charge in [0, 0.05) is 10.6 Å². The quantitative estimate of drug-likeness (QED) is 0.493. The van der Waals surface area contributed by atoms with Crippen LogP contribution in [0.3, 0.4) is 0 Å². The average molecular weight is 386 g/mol. The summed E-state index contributed by atoms with van der Waals surface area (Å²) in [6.45, 7) is 1.54. The summed E-state index contributed by atoms with van der Waals surface area (Å²) in [7, 11) is 1.63. The van der Waals surface area contributed by atoms with Crippen LogP contribution in [0.25, 0.3) is 0 Å². The Bertz CT molecular complexity index is 646. The summed E-state index contributed by atoms with van der Waals surface area (Å²) < 4.78 is 6.55. The summed E-state index contributed by atoms with van der Waals surface area (Å²) in [5.74, 6) is 0.676. The highest BCUT2D eigenvalue weighted by atomic mass is 127. The van der Waals surface area contributed by atoms with Crippen LogP contribution in [0.1, 0.15) is 5.69 Å². The van der Waals surface area contributed by atoms with Gasteiger partial charge in [-0.3, -0.25) is 10.1 Å². The molecule has 1 heterocycles. The van der Waals surface area contributed by atoms with E-state index in [2.05, 4.69) is 37.9 Å². The fraction of sp³-hybridized carbons (Fsp3) is 0.167. The summed E-state index contributed by atoms with van der Waals surface area (Å²) >= 11 is 2.16. The predicted molar refractivity (Wildman–Crippen MR) is 82.2 cm³/mol. The molecule has 0 atom stereocenters. The molecule has 1 N–H and O–H groups in total. The largest absolute Gasteiger partial charge is 0.434 e. The lowest BCUT2D eigenvalue weighted by Gasteiger charge is -2.08. The maximum absolute atomic E-state index is 11.1. The number of halogens is 1. The van der Waals surface area contributed by atoms with Crippen LogP contribution in [0.4, 0.5) is 11.6 Å². The second-order valence-corrected chi connectivity index (χ2v) is 5.10. The molecule has 0 aliphatic rings. The summed E-state index contributed by atoms with van der Waals surface area (Å²) in [4.78, 5) is 18.6. The molecule has 104 valence electrons. The molecule has 0 fully saturated rings. The zero-order valence-electron chi connectivity index (χ0n) is 10.8. The van der Waals surface area contributed by atoms with E-state index in [0.717, 1.165) is 3.57 Å². The molecule has 1 aromatic carbocycles. The maximum atomic E-state index is 11.1. The molecule has 2 rings (SSSR count). The van der Waals surface area contributed by atoms with Gasteiger partial charge in [-0.2, -0.15) is 4.98 Å². The van der Waals surface area contributed by atoms with Crippen LogP contribution >= 0.6 is 22.6 Å². The number of aromatic nitrogens is 2. The Morgan fingerprint density at radius 2 is 1.95 bits per heavy atom. The van der Waals surface area contributed by atoms with Gasteiger partial charge in [0.15, 0.2) is 0 Å². The Balaban J connectivity index is 2.45. The summed E-state index contributed by atoms with van der Waals surface area (Å²) in [6, 6.07) is 7.13. The van der Waals surface area contributed by atoms with Gasteiger partial charge in [0.05, 0.1) is 4.92 Å². The number of anilines is 1. The molecule has 1 aromatic heterocycles. The molecule has 0 saturated carbocycles. The minimum Gasteiger partial charge on any atom is -0.434 e. The van der Waals surface area contributed by atoms with Gasteiger partial charge in [0.1, 0.15) is 11.4 Å². The first kappa shape index (κ1) is 14.4. The van der Waals surface area contributed by atoms with Crippen LogP contribution in [0, 0.1) is 20.6 Å². The van der Waals surface area contributed by atoms with Crippen molar-refractivity contribution in [3.8, 4) is 11.6 Å². The minimum absolute atomic E-state index is 0.0759. The van der Waals surface area contributed by atoms with Crippen LogP contribution in [-0.4, -0.2) is 21.9 Å². The van der Waals surface area contributed by atoms with Gasteiger partial charge in [-0.15, -0.1) is 0 Å². The fourth-order valence-electron chi connectivity index (χ4n) is 1.55. The van der Waals surface area contributed by atoms with Gasteiger partial charge in [-0.1, -0.05) is 0 Å². The standard InChI is InChI=1S/C12H11IN4O3/c1-7-10(17(18)19)11(16-12(14-2)15-7)20-9-5-3-8(13)4-6-9/h3-6H,1-2H3,(H,14,15,16). The maximum Gasteiger partial charge on any atom is 0.352 e. The van der Waals surface area contributed by atoms with E-state index < -0.39 is 4.92 Å². The van der Waals surface area contributed by atoms with Crippen molar-refractivity contribution in [2.24, 2.45) is 0 Å². The summed E-state index contributed by atoms with van der Waals surface area (Å²) in [5.41, 5.74) is 0.0115. The number of nitro groups is 1. The molecule has 0 bridgehead atoms. The van der Waals surface area contributed by atoms with Crippen molar-refractivity contribution in [3.05, 3.63) is 43.6 Å². The molecule has 0 saturated heterocycles. The van der Waals surface area contributed by atoms with E-state index in [4.69, 9.17) is 4.74 Å². The molecule has 0 aliphatic carbocycles. The smallest absolute Gasteiger partial charge is 0.352 e. The average Bonchev–Trinajstić information content (AvgIpc) is 2.40. The number of nitrogens with one attached hydrogen (secondary N) is 1. The number of rotatable bonds is 4. The van der Waals surface area contributed by atoms with Crippen molar-refractivity contribution in [2.45, 2.75) is 6.92 Å². The molecule has 0 spiro atoms. The molecule has 2 aromatic rings. The second-order valence-electron chi connectivity index (χ2n) is 3.85. The molecule has 7 nitrogen and oxygen atoms in total. The monoisotopic (exact) mass is 386 g/mol. The highest BCUT2D eigenvalue weighted by Crippen LogP contribution is 2.32. The number of hydrogen-bond acceptors (Lipinski definition) is 6. The molecular weight excluding hydrogens is 375 g/mol. The second kappa shape index (κ2) is 5.99. The number of nitrogens with zero attached hydrogens (tertiary/aromatic N) is 3. The minimum atomic E-state index is -0.545. The van der Waals surface area contributed by atoms with Crippen LogP contribution < -0.4 is 10.1 Å². The Kier molecular flexibility index (Phi) is 4.32. The van der Waals surface area contributed by atoms with Crippen molar-refractivity contribution >= 4 is 34.2 Å². The third kappa shape index (κ3) is 3.13. The Labute approximate surface area is 128 Å². The zero-order chi connectivity index (χ0) is 14.7. The van der Waals surface area contributed by atoms with Crippen molar-refractivity contribution in [1.82, 2.24) is 9.97 Å². The highest BCUT2D eigenvalue weighted by Gasteiger charge is 2.24. The van der Waals surface area contributed by atoms with Crippen molar-refractivity contribution in [2.75, 3.05) is 12.4 Å². The molecule has 0 aliphatic heterocycles. The van der Waals surface area contributed by atoms with Gasteiger partial charge in [-0.25, -0.2) is 4.98 Å². The summed E-state index contributed by atoms with van der Waals surface area (Å²) in [5, 5.41) is 13.9. The molecule has 8 heteroatoms. The Morgan fingerprint density at radius 3 is 2.50 bits per heavy atom. The highest BCUT2D eigenvalue weighted by molar-refractivity contribution is 14.1. The first-order valence-corrected chi connectivity index (χ1v) is 6.73. The van der Waals surface area contributed by atoms with Crippen LogP contribution in [-0.2, 0) is 0 Å². The van der Waals surface area contributed by atoms with E-state index in [0.29, 0.717) is 5.75 Å². The predicted octanol–water partition coefficient (Wildman–Crippen LogP) is 3.13. The Hall–Kier alpha value is -1.97. The molecule has 20 heavy (non-hydrogen) atoms. The van der Waals surface area contributed by atoms with Gasteiger partial charge in [-0.05, 0) is 53.8 Å². The summed E-state index contributed by atoms with van der Waals surface area (Å²) in [6.07, 6.45) is 0. The molecule has 0 unspecified atom stereocenters. The Morgan fingerprint density at radius 1 is 1.30 bits per heavy atom. The van der Waals surface area contributed by atoms with E-state index >= 15 is 0 Å². The molecule has 0 radical (unpaired) electrons. The number of ether oxygens (including phenoxy) is 1. The topological polar surface area (TPSA) is 90.2 Å². The van der Waals surface area contributed by atoms with Crippen LogP contribution in [0.2, 0.25) is 0 Å². The number of aryl methyl sites for hydroxylation is 1. The lowest BCUT2D eigenvalue weighted by molar-refractivity contribution is -0.386. The zero-order valence-corrected chi connectivity index (χ0v) is 12.9. The van der Waals surface area contributed by atoms with Crippen LogP contribution in [0.5, 0.6) is 11.6 Å². The molecule has 0 amide bonds. The van der Waals surface area contributed by atoms with E-state index in [1.165, 1.54) is 0 Å². The molecular formula is C12H11IN4O3. The van der Waals surface area contributed by atoms with Crippen molar-refractivity contribution in [3.63, 3.8) is 0 Å². The first-order chi connectivity index (χ1) is 9.51. The van der Waals surface area contributed by atoms with Crippen LogP contribution in [0.15, 0.2) is 24.3 Å². The van der Waals surface area contributed by atoms with E-state index in [-0.39, 0.29) is 23.2 Å². The SMILES string of the molecule is CNc1nc(C)c([N+](=O)[O-])c(Oc2ccc(I)cc2)n1. The third-order valence-electron chi connectivity index (χ3n) is 2.46. The lowest BCUT2D eigenvalue weighted by Crippen LogP contribution is -2.05. The number of benzene rings is 1. The number of hydrogen-bond donors (Lipinski definition) is 1. The van der Waals surface area contributed by atoms with E-state index in [1.54, 1.807) is 26.1 Å². The normalized spacial score (nSPS) is 10.2. The van der Waals surface area contributed by atoms with E-state index in [9.17, 15) is 10.1 Å². The van der Waals surface area contributed by atoms with Gasteiger partial charge < -0.3 is 10.1 Å². The first-order valence-electron chi connectivity index (χ1n) is 5.65. The fourth-order valence-corrected chi connectivity index (χ4v) is 1.91. The van der Waals surface area contributed by atoms with E-state index in [1.807, 2.05) is 12.1 Å².